The molecule has 2 aromatic carbocycles. The minimum Gasteiger partial charge on any atom is -0.465 e. The van der Waals surface area contributed by atoms with Gasteiger partial charge in [0.05, 0.1) is 35.8 Å². The fourth-order valence-corrected chi connectivity index (χ4v) is 10.2. The van der Waals surface area contributed by atoms with Crippen LogP contribution in [0.5, 0.6) is 0 Å². The number of likely N-dealkylation sites (tertiary alicyclic amines) is 1. The highest BCUT2D eigenvalue weighted by Crippen LogP contribution is 2.69. The Balaban J connectivity index is 1.61. The number of amides is 2. The Morgan fingerprint density at radius 3 is 2.45 bits per heavy atom. The minimum absolute atomic E-state index is 0.0132. The standard InChI is InChI=1S/C36H44N2O5S/c1-6-8-9-13-20-43-35(42)29-28-21-25(5)36(44-28)30(29)33(40)38(27(22-39)26-17-11-10-12-18-26)32(36)34(41)37(19-7-2)31-23(3)15-14-16-24(31)4/h6-7,10-12,14-18,25,27-30,32,39H,1-2,8-9,13,19-22H2,3-5H3/t25?,27-,28-,29+,30+,32?,36?/m1/s1. The number of allylic oxidation sites excluding steroid dienone is 1. The van der Waals surface area contributed by atoms with Gasteiger partial charge in [-0.15, -0.1) is 24.9 Å². The first-order valence-corrected chi connectivity index (χ1v) is 16.5. The van der Waals surface area contributed by atoms with Crippen molar-refractivity contribution < 1.29 is 24.2 Å². The van der Waals surface area contributed by atoms with Crippen LogP contribution < -0.4 is 4.90 Å². The third-order valence-electron chi connectivity index (χ3n) is 9.72. The summed E-state index contributed by atoms with van der Waals surface area (Å²) in [4.78, 5) is 47.0. The van der Waals surface area contributed by atoms with Gasteiger partial charge in [0, 0.05) is 17.5 Å². The summed E-state index contributed by atoms with van der Waals surface area (Å²) in [5.41, 5.74) is 3.43. The summed E-state index contributed by atoms with van der Waals surface area (Å²) in [6.45, 7) is 14.0. The molecule has 2 bridgehead atoms. The molecule has 5 rings (SSSR count). The summed E-state index contributed by atoms with van der Waals surface area (Å²) in [7, 11) is 0. The first kappa shape index (κ1) is 32.0. The first-order chi connectivity index (χ1) is 21.2. The average Bonchev–Trinajstić information content (AvgIpc) is 3.61. The van der Waals surface area contributed by atoms with E-state index in [0.717, 1.165) is 41.6 Å². The molecule has 3 aliphatic heterocycles. The number of anilines is 1. The van der Waals surface area contributed by atoms with Crippen molar-refractivity contribution in [3.63, 3.8) is 0 Å². The third-order valence-corrected chi connectivity index (χ3v) is 11.8. The molecule has 7 nitrogen and oxygen atoms in total. The molecule has 234 valence electrons. The second-order valence-corrected chi connectivity index (χ2v) is 13.9. The number of esters is 1. The molecule has 0 saturated carbocycles. The van der Waals surface area contributed by atoms with Gasteiger partial charge < -0.3 is 19.6 Å². The fraction of sp³-hybridized carbons (Fsp3) is 0.472. The Morgan fingerprint density at radius 2 is 1.82 bits per heavy atom. The number of hydrogen-bond acceptors (Lipinski definition) is 6. The zero-order chi connectivity index (χ0) is 31.6. The van der Waals surface area contributed by atoms with Gasteiger partial charge in [-0.2, -0.15) is 0 Å². The minimum atomic E-state index is -0.897. The summed E-state index contributed by atoms with van der Waals surface area (Å²) in [6.07, 6.45) is 6.71. The Labute approximate surface area is 265 Å². The van der Waals surface area contributed by atoms with Gasteiger partial charge in [0.15, 0.2) is 0 Å². The number of aliphatic hydroxyl groups is 1. The third kappa shape index (κ3) is 5.30. The lowest BCUT2D eigenvalue weighted by Gasteiger charge is -2.42. The number of unbranched alkanes of at least 4 members (excludes halogenated alkanes) is 2. The molecular formula is C36H44N2O5S. The molecule has 3 saturated heterocycles. The highest BCUT2D eigenvalue weighted by atomic mass is 32.2. The van der Waals surface area contributed by atoms with E-state index in [9.17, 15) is 14.7 Å². The molecule has 3 heterocycles. The molecule has 1 spiro atoms. The predicted octanol–water partition coefficient (Wildman–Crippen LogP) is 5.79. The van der Waals surface area contributed by atoms with Crippen LogP contribution in [0.25, 0.3) is 0 Å². The zero-order valence-electron chi connectivity index (χ0n) is 26.0. The van der Waals surface area contributed by atoms with Crippen LogP contribution in [0.4, 0.5) is 5.69 Å². The van der Waals surface area contributed by atoms with E-state index in [4.69, 9.17) is 4.74 Å². The van der Waals surface area contributed by atoms with Crippen molar-refractivity contribution in [3.8, 4) is 0 Å². The van der Waals surface area contributed by atoms with Gasteiger partial charge in [-0.3, -0.25) is 14.4 Å². The molecule has 44 heavy (non-hydrogen) atoms. The number of para-hydroxylation sites is 1. The van der Waals surface area contributed by atoms with Crippen molar-refractivity contribution in [1.29, 1.82) is 0 Å². The van der Waals surface area contributed by atoms with E-state index in [2.05, 4.69) is 20.1 Å². The summed E-state index contributed by atoms with van der Waals surface area (Å²) in [5, 5.41) is 10.7. The van der Waals surface area contributed by atoms with Crippen LogP contribution in [-0.2, 0) is 19.1 Å². The lowest BCUT2D eigenvalue weighted by molar-refractivity contribution is -0.155. The summed E-state index contributed by atoms with van der Waals surface area (Å²) >= 11 is 1.62. The van der Waals surface area contributed by atoms with Gasteiger partial charge in [-0.1, -0.05) is 67.6 Å². The summed E-state index contributed by atoms with van der Waals surface area (Å²) < 4.78 is 4.94. The Morgan fingerprint density at radius 1 is 1.11 bits per heavy atom. The molecule has 1 N–H and O–H groups in total. The van der Waals surface area contributed by atoms with Crippen LogP contribution in [0, 0.1) is 31.6 Å². The van der Waals surface area contributed by atoms with Gasteiger partial charge in [-0.25, -0.2) is 0 Å². The SMILES string of the molecule is C=CCCCCOC(=O)[C@@H]1[C@H]2C(=O)N([C@H](CO)c3ccccc3)C(C(=O)N(CC=C)c3c(C)cccc3C)C23S[C@@H]1CC3C. The molecule has 2 amide bonds. The lowest BCUT2D eigenvalue weighted by Crippen LogP contribution is -2.58. The van der Waals surface area contributed by atoms with Crippen molar-refractivity contribution >= 4 is 35.2 Å². The molecule has 0 aliphatic carbocycles. The van der Waals surface area contributed by atoms with E-state index in [1.54, 1.807) is 27.6 Å². The Hall–Kier alpha value is -3.36. The van der Waals surface area contributed by atoms with Crippen molar-refractivity contribution in [3.05, 3.63) is 90.5 Å². The molecular weight excluding hydrogens is 572 g/mol. The largest absolute Gasteiger partial charge is 0.465 e. The number of benzene rings is 2. The van der Waals surface area contributed by atoms with Gasteiger partial charge in [0.25, 0.3) is 5.91 Å². The lowest BCUT2D eigenvalue weighted by atomic mass is 9.66. The quantitative estimate of drug-likeness (QED) is 0.174. The Kier molecular flexibility index (Phi) is 9.71. The molecule has 3 unspecified atom stereocenters. The van der Waals surface area contributed by atoms with Crippen molar-refractivity contribution in [2.75, 3.05) is 24.7 Å². The van der Waals surface area contributed by atoms with Crippen molar-refractivity contribution in [2.24, 2.45) is 17.8 Å². The maximum absolute atomic E-state index is 15.1. The number of thioether (sulfide) groups is 1. The number of hydrogen-bond donors (Lipinski definition) is 1. The Bertz CT molecular complexity index is 1390. The highest BCUT2D eigenvalue weighted by Gasteiger charge is 2.77. The number of ether oxygens (including phenoxy) is 1. The molecule has 0 aromatic heterocycles. The maximum atomic E-state index is 15.1. The van der Waals surface area contributed by atoms with E-state index >= 15 is 4.79 Å². The number of rotatable bonds is 13. The smallest absolute Gasteiger partial charge is 0.310 e. The van der Waals surface area contributed by atoms with Crippen molar-refractivity contribution in [1.82, 2.24) is 4.90 Å². The highest BCUT2D eigenvalue weighted by molar-refractivity contribution is 8.02. The van der Waals surface area contributed by atoms with E-state index < -0.39 is 28.7 Å². The molecule has 8 heteroatoms. The number of carbonyl (C=O) groups excluding carboxylic acids is 3. The fourth-order valence-electron chi connectivity index (χ4n) is 7.83. The number of aliphatic hydroxyl groups excluding tert-OH is 1. The normalized spacial score (nSPS) is 27.6. The predicted molar refractivity (Wildman–Crippen MR) is 175 cm³/mol. The summed E-state index contributed by atoms with van der Waals surface area (Å²) in [5.74, 6) is -2.23. The second-order valence-electron chi connectivity index (χ2n) is 12.3. The van der Waals surface area contributed by atoms with Crippen LogP contribution in [0.3, 0.4) is 0 Å². The zero-order valence-corrected chi connectivity index (χ0v) is 26.8. The average molecular weight is 617 g/mol. The van der Waals surface area contributed by atoms with Crippen LogP contribution in [0.15, 0.2) is 73.8 Å². The molecule has 7 atom stereocenters. The number of fused-ring (bicyclic) bond motifs is 1. The number of aryl methyl sites for hydroxylation is 2. The van der Waals surface area contributed by atoms with Gasteiger partial charge in [0.2, 0.25) is 5.91 Å². The second kappa shape index (κ2) is 13.3. The van der Waals surface area contributed by atoms with Crippen LogP contribution in [0.1, 0.15) is 55.3 Å². The van der Waals surface area contributed by atoms with Gasteiger partial charge in [0.1, 0.15) is 6.04 Å². The molecule has 2 aromatic rings. The van der Waals surface area contributed by atoms with E-state index in [-0.39, 0.29) is 42.1 Å². The number of carbonyl (C=O) groups is 3. The van der Waals surface area contributed by atoms with Crippen LogP contribution >= 0.6 is 11.8 Å². The first-order valence-electron chi connectivity index (χ1n) is 15.6. The molecule has 0 radical (unpaired) electrons. The van der Waals surface area contributed by atoms with Gasteiger partial charge >= 0.3 is 5.97 Å². The van der Waals surface area contributed by atoms with Crippen LogP contribution in [-0.4, -0.2) is 63.6 Å². The van der Waals surface area contributed by atoms with E-state index in [0.29, 0.717) is 13.0 Å². The molecule has 3 fully saturated rings. The number of nitrogens with zero attached hydrogens (tertiary/aromatic N) is 2. The van der Waals surface area contributed by atoms with Gasteiger partial charge in [-0.05, 0) is 62.1 Å². The maximum Gasteiger partial charge on any atom is 0.310 e. The van der Waals surface area contributed by atoms with Crippen molar-refractivity contribution in [2.45, 2.75) is 68.5 Å². The summed E-state index contributed by atoms with van der Waals surface area (Å²) in [6, 6.07) is 13.6. The molecule has 3 aliphatic rings. The van der Waals surface area contributed by atoms with E-state index in [1.807, 2.05) is 68.5 Å². The van der Waals surface area contributed by atoms with E-state index in [1.165, 1.54) is 0 Å². The topological polar surface area (TPSA) is 87.1 Å². The van der Waals surface area contributed by atoms with Crippen LogP contribution in [0.2, 0.25) is 0 Å². The monoisotopic (exact) mass is 616 g/mol.